The second-order valence-electron chi connectivity index (χ2n) is 9.43. The summed E-state index contributed by atoms with van der Waals surface area (Å²) >= 11 is 1.70. The highest BCUT2D eigenvalue weighted by molar-refractivity contribution is 7.17. The Hall–Kier alpha value is -2.51. The average molecular weight is 439 g/mol. The Morgan fingerprint density at radius 2 is 1.97 bits per heavy atom. The highest BCUT2D eigenvalue weighted by Crippen LogP contribution is 2.36. The molecule has 1 aromatic carbocycles. The highest BCUT2D eigenvalue weighted by Gasteiger charge is 2.35. The maximum Gasteiger partial charge on any atom is 0.223 e. The van der Waals surface area contributed by atoms with Crippen molar-refractivity contribution in [2.75, 3.05) is 20.6 Å². The second kappa shape index (κ2) is 8.20. The van der Waals surface area contributed by atoms with Crippen LogP contribution in [0.5, 0.6) is 0 Å². The molecule has 3 heterocycles. The van der Waals surface area contributed by atoms with Gasteiger partial charge in [-0.1, -0.05) is 39.0 Å². The Kier molecular flexibility index (Phi) is 5.75. The maximum absolute atomic E-state index is 13.5. The number of Topliss-reactive ketones (excluding diaryl/α,β-unsaturated/α-hetero) is 1. The third-order valence-electron chi connectivity index (χ3n) is 6.18. The van der Waals surface area contributed by atoms with Gasteiger partial charge in [-0.05, 0) is 18.5 Å². The molecule has 2 aromatic heterocycles. The van der Waals surface area contributed by atoms with E-state index >= 15 is 0 Å². The van der Waals surface area contributed by atoms with Crippen LogP contribution in [0.2, 0.25) is 0 Å². The van der Waals surface area contributed by atoms with Gasteiger partial charge in [0.2, 0.25) is 5.91 Å². The lowest BCUT2D eigenvalue weighted by Crippen LogP contribution is -2.38. The zero-order valence-electron chi connectivity index (χ0n) is 18.9. The topological polar surface area (TPSA) is 67.2 Å². The average Bonchev–Trinajstić information content (AvgIpc) is 3.31. The number of thiophene rings is 1. The number of aromatic nitrogens is 2. The lowest BCUT2D eigenvalue weighted by atomic mass is 9.77. The molecule has 0 fully saturated rings. The summed E-state index contributed by atoms with van der Waals surface area (Å²) in [5.41, 5.74) is 2.21. The quantitative estimate of drug-likeness (QED) is 0.607. The van der Waals surface area contributed by atoms with Gasteiger partial charge in [-0.3, -0.25) is 14.5 Å². The van der Waals surface area contributed by atoms with Crippen molar-refractivity contribution >= 4 is 33.1 Å². The molecule has 6 nitrogen and oxygen atoms in total. The molecule has 3 aromatic rings. The number of likely N-dealkylation sites (N-methyl/N-ethyl adjacent to an activating group) is 1. The number of hydrogen-bond donors (Lipinski definition) is 1. The monoisotopic (exact) mass is 438 g/mol. The van der Waals surface area contributed by atoms with E-state index in [2.05, 4.69) is 39.3 Å². The minimum atomic E-state index is -0.408. The SMILES string of the molecule is CNC(=O)[C@@H](CC(=O)c1nc(-c2csc3ccccc23)n2c1CN(C)CC2)C(C)(C)C. The zero-order valence-corrected chi connectivity index (χ0v) is 19.7. The van der Waals surface area contributed by atoms with E-state index in [-0.39, 0.29) is 23.5 Å². The smallest absolute Gasteiger partial charge is 0.223 e. The normalized spacial score (nSPS) is 15.6. The van der Waals surface area contributed by atoms with Crippen molar-refractivity contribution in [3.63, 3.8) is 0 Å². The summed E-state index contributed by atoms with van der Waals surface area (Å²) < 4.78 is 3.41. The largest absolute Gasteiger partial charge is 0.359 e. The number of carbonyl (C=O) groups is 2. The molecule has 0 spiro atoms. The summed E-state index contributed by atoms with van der Waals surface area (Å²) in [6.45, 7) is 8.38. The van der Waals surface area contributed by atoms with Crippen LogP contribution in [0.3, 0.4) is 0 Å². The summed E-state index contributed by atoms with van der Waals surface area (Å²) in [6.07, 6.45) is 0.153. The molecule has 1 N–H and O–H groups in total. The molecule has 0 unspecified atom stereocenters. The molecule has 0 bridgehead atoms. The summed E-state index contributed by atoms with van der Waals surface area (Å²) in [5, 5.41) is 6.02. The van der Waals surface area contributed by atoms with Crippen LogP contribution in [0, 0.1) is 11.3 Å². The third-order valence-corrected chi connectivity index (χ3v) is 7.14. The zero-order chi connectivity index (χ0) is 22.3. The van der Waals surface area contributed by atoms with E-state index in [1.807, 2.05) is 32.9 Å². The van der Waals surface area contributed by atoms with Crippen molar-refractivity contribution in [3.05, 3.63) is 41.0 Å². The highest BCUT2D eigenvalue weighted by atomic mass is 32.1. The first-order valence-corrected chi connectivity index (χ1v) is 11.6. The number of imidazole rings is 1. The van der Waals surface area contributed by atoms with Crippen molar-refractivity contribution in [2.45, 2.75) is 40.3 Å². The second-order valence-corrected chi connectivity index (χ2v) is 10.3. The summed E-state index contributed by atoms with van der Waals surface area (Å²) in [4.78, 5) is 33.1. The molecule has 31 heavy (non-hydrogen) atoms. The predicted octanol–water partition coefficient (Wildman–Crippen LogP) is 4.19. The number of nitrogens with zero attached hydrogens (tertiary/aromatic N) is 3. The van der Waals surface area contributed by atoms with Crippen molar-refractivity contribution < 1.29 is 9.59 Å². The molecule has 4 rings (SSSR count). The molecule has 1 atom stereocenters. The van der Waals surface area contributed by atoms with Crippen LogP contribution in [-0.4, -0.2) is 46.8 Å². The molecule has 0 saturated heterocycles. The Labute approximate surface area is 187 Å². The van der Waals surface area contributed by atoms with Crippen molar-refractivity contribution in [2.24, 2.45) is 11.3 Å². The van der Waals surface area contributed by atoms with Gasteiger partial charge >= 0.3 is 0 Å². The Morgan fingerprint density at radius 1 is 1.23 bits per heavy atom. The van der Waals surface area contributed by atoms with E-state index in [1.165, 1.54) is 4.70 Å². The Bertz CT molecular complexity index is 1140. The molecule has 0 saturated carbocycles. The lowest BCUT2D eigenvalue weighted by Gasteiger charge is -2.29. The third kappa shape index (κ3) is 4.04. The van der Waals surface area contributed by atoms with Crippen molar-refractivity contribution in [1.29, 1.82) is 0 Å². The first-order chi connectivity index (χ1) is 14.7. The minimum Gasteiger partial charge on any atom is -0.359 e. The van der Waals surface area contributed by atoms with Gasteiger partial charge in [0, 0.05) is 54.1 Å². The predicted molar refractivity (Wildman–Crippen MR) is 125 cm³/mol. The van der Waals surface area contributed by atoms with E-state index in [0.717, 1.165) is 35.6 Å². The Balaban J connectivity index is 1.78. The van der Waals surface area contributed by atoms with Gasteiger partial charge in [0.15, 0.2) is 5.78 Å². The fourth-order valence-electron chi connectivity index (χ4n) is 4.32. The number of amides is 1. The molecule has 7 heteroatoms. The van der Waals surface area contributed by atoms with Gasteiger partial charge in [0.25, 0.3) is 0 Å². The van der Waals surface area contributed by atoms with Crippen LogP contribution in [-0.2, 0) is 17.9 Å². The van der Waals surface area contributed by atoms with Crippen LogP contribution in [0.15, 0.2) is 29.6 Å². The van der Waals surface area contributed by atoms with E-state index in [9.17, 15) is 9.59 Å². The minimum absolute atomic E-state index is 0.0617. The first-order valence-electron chi connectivity index (χ1n) is 10.7. The maximum atomic E-state index is 13.5. The van der Waals surface area contributed by atoms with E-state index in [0.29, 0.717) is 12.2 Å². The van der Waals surface area contributed by atoms with Gasteiger partial charge in [-0.2, -0.15) is 0 Å². The van der Waals surface area contributed by atoms with E-state index in [4.69, 9.17) is 4.98 Å². The fourth-order valence-corrected chi connectivity index (χ4v) is 5.26. The van der Waals surface area contributed by atoms with E-state index < -0.39 is 5.92 Å². The number of fused-ring (bicyclic) bond motifs is 2. The first kappa shape index (κ1) is 21.7. The summed E-state index contributed by atoms with van der Waals surface area (Å²) in [5.74, 6) is 0.286. The van der Waals surface area contributed by atoms with Crippen molar-refractivity contribution in [3.8, 4) is 11.4 Å². The van der Waals surface area contributed by atoms with Crippen LogP contribution < -0.4 is 5.32 Å². The molecular formula is C24H30N4O2S. The number of ketones is 1. The number of nitrogens with one attached hydrogen (secondary N) is 1. The van der Waals surface area contributed by atoms with Gasteiger partial charge in [0.05, 0.1) is 11.6 Å². The number of hydrogen-bond acceptors (Lipinski definition) is 5. The van der Waals surface area contributed by atoms with Gasteiger partial charge in [0.1, 0.15) is 11.5 Å². The standard InChI is InChI=1S/C24H30N4O2S/c1-24(2,3)17(23(30)25-4)12-19(29)21-18-13-27(5)10-11-28(18)22(26-21)16-14-31-20-9-7-6-8-15(16)20/h6-9,14,17H,10-13H2,1-5H3,(H,25,30)/t17-/m1/s1. The molecule has 1 aliphatic rings. The van der Waals surface area contributed by atoms with Crippen LogP contribution in [0.4, 0.5) is 0 Å². The van der Waals surface area contributed by atoms with Crippen LogP contribution >= 0.6 is 11.3 Å². The number of benzene rings is 1. The van der Waals surface area contributed by atoms with Crippen molar-refractivity contribution in [1.82, 2.24) is 19.8 Å². The number of carbonyl (C=O) groups excluding carboxylic acids is 2. The molecule has 0 radical (unpaired) electrons. The summed E-state index contributed by atoms with van der Waals surface area (Å²) in [6, 6.07) is 8.30. The molecular weight excluding hydrogens is 408 g/mol. The fraction of sp³-hybridized carbons (Fsp3) is 0.458. The Morgan fingerprint density at radius 3 is 2.68 bits per heavy atom. The molecule has 164 valence electrons. The summed E-state index contributed by atoms with van der Waals surface area (Å²) in [7, 11) is 3.69. The van der Waals surface area contributed by atoms with Gasteiger partial charge in [-0.15, -0.1) is 11.3 Å². The molecule has 0 aliphatic carbocycles. The number of rotatable bonds is 5. The molecule has 1 aliphatic heterocycles. The van der Waals surface area contributed by atoms with Crippen LogP contribution in [0.25, 0.3) is 21.5 Å². The van der Waals surface area contributed by atoms with Gasteiger partial charge in [-0.25, -0.2) is 4.98 Å². The lowest BCUT2D eigenvalue weighted by molar-refractivity contribution is -0.127. The van der Waals surface area contributed by atoms with E-state index in [1.54, 1.807) is 18.4 Å². The molecule has 1 amide bonds. The van der Waals surface area contributed by atoms with Gasteiger partial charge < -0.3 is 9.88 Å². The van der Waals surface area contributed by atoms with Crippen LogP contribution in [0.1, 0.15) is 43.4 Å².